The summed E-state index contributed by atoms with van der Waals surface area (Å²) in [5.41, 5.74) is 1.76. The van der Waals surface area contributed by atoms with Crippen molar-refractivity contribution in [3.63, 3.8) is 0 Å². The number of hydrogen-bond acceptors (Lipinski definition) is 7. The van der Waals surface area contributed by atoms with Crippen LogP contribution in [-0.2, 0) is 9.53 Å². The number of aromatic nitrogens is 2. The van der Waals surface area contributed by atoms with Crippen molar-refractivity contribution in [2.75, 3.05) is 49.9 Å². The van der Waals surface area contributed by atoms with E-state index in [4.69, 9.17) is 14.7 Å². The van der Waals surface area contributed by atoms with Gasteiger partial charge in [-0.05, 0) is 38.8 Å². The summed E-state index contributed by atoms with van der Waals surface area (Å²) in [6.45, 7) is 9.44. The number of anilines is 1. The van der Waals surface area contributed by atoms with E-state index in [-0.39, 0.29) is 18.1 Å². The first-order valence-electron chi connectivity index (χ1n) is 12.9. The van der Waals surface area contributed by atoms with E-state index in [9.17, 15) is 4.79 Å². The summed E-state index contributed by atoms with van der Waals surface area (Å²) in [7, 11) is 0. The van der Waals surface area contributed by atoms with Crippen molar-refractivity contribution in [1.82, 2.24) is 19.8 Å². The second-order valence-electron chi connectivity index (χ2n) is 10.0. The summed E-state index contributed by atoms with van der Waals surface area (Å²) in [5, 5.41) is 0.842. The van der Waals surface area contributed by atoms with Crippen molar-refractivity contribution in [2.24, 2.45) is 0 Å². The molecule has 2 saturated heterocycles. The van der Waals surface area contributed by atoms with E-state index in [0.717, 1.165) is 67.2 Å². The molecule has 2 aromatic rings. The van der Waals surface area contributed by atoms with Crippen LogP contribution < -0.4 is 4.90 Å². The van der Waals surface area contributed by atoms with Gasteiger partial charge in [0.25, 0.3) is 0 Å². The van der Waals surface area contributed by atoms with Crippen LogP contribution in [0.1, 0.15) is 46.0 Å². The molecule has 34 heavy (non-hydrogen) atoms. The number of amides is 1. The Bertz CT molecular complexity index is 980. The number of morpholine rings is 1. The number of hydrogen-bond donors (Lipinski definition) is 0. The molecule has 1 aromatic heterocycles. The largest absolute Gasteiger partial charge is 0.372 e. The van der Waals surface area contributed by atoms with Crippen molar-refractivity contribution in [3.8, 4) is 0 Å². The number of ether oxygens (including phenoxy) is 1. The second kappa shape index (κ2) is 10.8. The summed E-state index contributed by atoms with van der Waals surface area (Å²) in [6.07, 6.45) is 7.02. The van der Waals surface area contributed by atoms with E-state index in [1.165, 1.54) is 43.9 Å². The smallest absolute Gasteiger partial charge is 0.233 e. The number of thioether (sulfide) groups is 1. The van der Waals surface area contributed by atoms with Crippen LogP contribution in [0.5, 0.6) is 0 Å². The maximum Gasteiger partial charge on any atom is 0.233 e. The Labute approximate surface area is 207 Å². The first-order chi connectivity index (χ1) is 16.6. The van der Waals surface area contributed by atoms with Gasteiger partial charge in [0.15, 0.2) is 5.82 Å². The van der Waals surface area contributed by atoms with Gasteiger partial charge in [0, 0.05) is 45.3 Å². The summed E-state index contributed by atoms with van der Waals surface area (Å²) in [5.74, 6) is 1.48. The van der Waals surface area contributed by atoms with Gasteiger partial charge in [-0.25, -0.2) is 9.97 Å². The molecule has 3 heterocycles. The second-order valence-corrected chi connectivity index (χ2v) is 11.0. The van der Waals surface area contributed by atoms with Crippen molar-refractivity contribution < 1.29 is 9.53 Å². The highest BCUT2D eigenvalue weighted by Crippen LogP contribution is 2.31. The van der Waals surface area contributed by atoms with Crippen LogP contribution in [-0.4, -0.2) is 88.9 Å². The highest BCUT2D eigenvalue weighted by molar-refractivity contribution is 8.00. The lowest BCUT2D eigenvalue weighted by Gasteiger charge is -2.40. The molecule has 0 N–H and O–H groups in total. The number of carbonyl (C=O) groups excluding carboxylic acids is 1. The lowest BCUT2D eigenvalue weighted by Crippen LogP contribution is -2.52. The van der Waals surface area contributed by atoms with E-state index in [1.54, 1.807) is 0 Å². The fourth-order valence-corrected chi connectivity index (χ4v) is 6.54. The summed E-state index contributed by atoms with van der Waals surface area (Å²) in [6, 6.07) is 8.71. The fourth-order valence-electron chi connectivity index (χ4n) is 5.63. The van der Waals surface area contributed by atoms with E-state index >= 15 is 0 Å². The van der Waals surface area contributed by atoms with Crippen LogP contribution in [0.15, 0.2) is 29.3 Å². The number of fused-ring (bicyclic) bond motifs is 1. The Morgan fingerprint density at radius 2 is 1.62 bits per heavy atom. The van der Waals surface area contributed by atoms with Gasteiger partial charge in [-0.15, -0.1) is 0 Å². The minimum Gasteiger partial charge on any atom is -0.372 e. The molecule has 5 rings (SSSR count). The van der Waals surface area contributed by atoms with Gasteiger partial charge >= 0.3 is 0 Å². The molecule has 0 radical (unpaired) electrons. The zero-order valence-electron chi connectivity index (χ0n) is 20.5. The number of nitrogens with zero attached hydrogens (tertiary/aromatic N) is 5. The molecular formula is C26H37N5O2S. The van der Waals surface area contributed by atoms with E-state index in [2.05, 4.69) is 23.6 Å². The normalized spacial score (nSPS) is 25.1. The third-order valence-corrected chi connectivity index (χ3v) is 8.27. The van der Waals surface area contributed by atoms with E-state index in [0.29, 0.717) is 5.75 Å². The average Bonchev–Trinajstić information content (AvgIpc) is 2.86. The molecule has 3 aliphatic rings. The number of para-hydroxylation sites is 2. The quantitative estimate of drug-likeness (QED) is 0.599. The molecule has 0 bridgehead atoms. The average molecular weight is 484 g/mol. The van der Waals surface area contributed by atoms with Crippen molar-refractivity contribution in [1.29, 1.82) is 0 Å². The van der Waals surface area contributed by atoms with Gasteiger partial charge in [-0.2, -0.15) is 0 Å². The molecule has 0 unspecified atom stereocenters. The summed E-state index contributed by atoms with van der Waals surface area (Å²) >= 11 is 1.53. The van der Waals surface area contributed by atoms with Gasteiger partial charge < -0.3 is 14.5 Å². The van der Waals surface area contributed by atoms with Crippen molar-refractivity contribution >= 4 is 34.5 Å². The van der Waals surface area contributed by atoms with Crippen molar-refractivity contribution in [3.05, 3.63) is 24.3 Å². The molecule has 3 fully saturated rings. The zero-order valence-corrected chi connectivity index (χ0v) is 21.3. The molecule has 184 valence electrons. The minimum absolute atomic E-state index is 0.136. The van der Waals surface area contributed by atoms with Crippen molar-refractivity contribution in [2.45, 2.75) is 69.2 Å². The Morgan fingerprint density at radius 3 is 2.29 bits per heavy atom. The number of rotatable bonds is 5. The molecule has 0 spiro atoms. The fraction of sp³-hybridized carbons (Fsp3) is 0.654. The van der Waals surface area contributed by atoms with Gasteiger partial charge in [-0.1, -0.05) is 43.2 Å². The number of benzene rings is 1. The number of carbonyl (C=O) groups is 1. The molecule has 2 atom stereocenters. The van der Waals surface area contributed by atoms with Crippen LogP contribution in [0.25, 0.3) is 11.0 Å². The lowest BCUT2D eigenvalue weighted by molar-refractivity contribution is -0.130. The molecule has 1 aliphatic carbocycles. The summed E-state index contributed by atoms with van der Waals surface area (Å²) in [4.78, 5) is 29.9. The highest BCUT2D eigenvalue weighted by atomic mass is 32.2. The molecule has 1 saturated carbocycles. The maximum absolute atomic E-state index is 13.1. The molecule has 1 amide bonds. The topological polar surface area (TPSA) is 61.8 Å². The van der Waals surface area contributed by atoms with Crippen LogP contribution in [0.4, 0.5) is 5.82 Å². The lowest BCUT2D eigenvalue weighted by atomic mass is 9.94. The van der Waals surface area contributed by atoms with Crippen LogP contribution in [0.3, 0.4) is 0 Å². The van der Waals surface area contributed by atoms with E-state index in [1.807, 2.05) is 29.2 Å². The SMILES string of the molecule is C[C@H]1CN(c2nc3ccccc3nc2SCC(=O)N2CCN(C3CCCCC3)CC2)C[C@H](C)O1. The van der Waals surface area contributed by atoms with E-state index < -0.39 is 0 Å². The van der Waals surface area contributed by atoms with Crippen LogP contribution >= 0.6 is 11.8 Å². The predicted octanol–water partition coefficient (Wildman–Crippen LogP) is 3.81. The van der Waals surface area contributed by atoms with Crippen LogP contribution in [0, 0.1) is 0 Å². The van der Waals surface area contributed by atoms with Gasteiger partial charge in [0.1, 0.15) is 5.03 Å². The Kier molecular flexibility index (Phi) is 7.56. The first kappa shape index (κ1) is 23.8. The van der Waals surface area contributed by atoms with Gasteiger partial charge in [-0.3, -0.25) is 9.69 Å². The molecular weight excluding hydrogens is 446 g/mol. The third-order valence-electron chi connectivity index (χ3n) is 7.33. The summed E-state index contributed by atoms with van der Waals surface area (Å²) < 4.78 is 5.93. The Balaban J connectivity index is 1.25. The number of piperazine rings is 1. The third kappa shape index (κ3) is 5.50. The standard InChI is InChI=1S/C26H37N5O2S/c1-19-16-31(17-20(2)33-19)25-26(28-23-11-7-6-10-22(23)27-25)34-18-24(32)30-14-12-29(13-15-30)21-8-4-3-5-9-21/h6-7,10-11,19-21H,3-5,8-9,12-18H2,1-2H3/t19-,20-/m0/s1. The predicted molar refractivity (Wildman–Crippen MR) is 138 cm³/mol. The minimum atomic E-state index is 0.136. The maximum atomic E-state index is 13.1. The Morgan fingerprint density at radius 1 is 0.971 bits per heavy atom. The Hall–Kier alpha value is -1.90. The molecule has 1 aromatic carbocycles. The van der Waals surface area contributed by atoms with Gasteiger partial charge in [0.2, 0.25) is 5.91 Å². The molecule has 8 heteroatoms. The van der Waals surface area contributed by atoms with Gasteiger partial charge in [0.05, 0.1) is 29.0 Å². The zero-order chi connectivity index (χ0) is 23.5. The molecule has 2 aliphatic heterocycles. The monoisotopic (exact) mass is 483 g/mol. The van der Waals surface area contributed by atoms with Crippen LogP contribution in [0.2, 0.25) is 0 Å². The highest BCUT2D eigenvalue weighted by Gasteiger charge is 2.29. The first-order valence-corrected chi connectivity index (χ1v) is 13.9. The molecule has 7 nitrogen and oxygen atoms in total.